The molecule has 0 N–H and O–H groups in total. The van der Waals surface area contributed by atoms with E-state index in [2.05, 4.69) is 10.1 Å². The molecule has 0 aliphatic carbocycles. The number of benzene rings is 1. The van der Waals surface area contributed by atoms with Gasteiger partial charge in [0.1, 0.15) is 31.2 Å². The number of hydrogen-bond donors (Lipinski definition) is 0. The lowest BCUT2D eigenvalue weighted by molar-refractivity contribution is -0.174. The highest BCUT2D eigenvalue weighted by Crippen LogP contribution is 2.30. The minimum atomic E-state index is -0.694. The number of hydrogen-bond acceptors (Lipinski definition) is 6. The monoisotopic (exact) mass is 345 g/mol. The number of nitrogens with zero attached hydrogens (tertiary/aromatic N) is 3. The third-order valence-corrected chi connectivity index (χ3v) is 4.32. The molecule has 1 saturated heterocycles. The quantitative estimate of drug-likeness (QED) is 0.764. The van der Waals surface area contributed by atoms with Crippen LogP contribution in [-0.4, -0.2) is 47.2 Å². The van der Waals surface area contributed by atoms with Crippen LogP contribution in [0.4, 0.5) is 0 Å². The van der Waals surface area contributed by atoms with Crippen LogP contribution in [0.5, 0.6) is 5.75 Å². The zero-order valence-corrected chi connectivity index (χ0v) is 14.6. The van der Waals surface area contributed by atoms with Crippen molar-refractivity contribution in [1.29, 1.82) is 0 Å². The Morgan fingerprint density at radius 3 is 2.64 bits per heavy atom. The predicted molar refractivity (Wildman–Crippen MR) is 90.3 cm³/mol. The number of Topliss-reactive ketones (excluding diaryl/α,β-unsaturated/α-hetero) is 1. The molecule has 7 heteroatoms. The van der Waals surface area contributed by atoms with Crippen LogP contribution in [0.3, 0.4) is 0 Å². The van der Waals surface area contributed by atoms with Gasteiger partial charge in [-0.05, 0) is 31.5 Å². The molecule has 1 aromatic carbocycles. The second-order valence-corrected chi connectivity index (χ2v) is 6.41. The molecule has 0 saturated carbocycles. The Morgan fingerprint density at radius 1 is 1.32 bits per heavy atom. The van der Waals surface area contributed by atoms with E-state index in [1.54, 1.807) is 11.0 Å². The lowest BCUT2D eigenvalue weighted by Crippen LogP contribution is -2.45. The normalized spacial score (nSPS) is 17.8. The largest absolute Gasteiger partial charge is 0.494 e. The van der Waals surface area contributed by atoms with E-state index < -0.39 is 11.5 Å². The van der Waals surface area contributed by atoms with Crippen LogP contribution < -0.4 is 4.74 Å². The molecule has 1 fully saturated rings. The maximum atomic E-state index is 13.2. The first-order valence-corrected chi connectivity index (χ1v) is 8.38. The van der Waals surface area contributed by atoms with Gasteiger partial charge in [0.05, 0.1) is 25.2 Å². The van der Waals surface area contributed by atoms with Gasteiger partial charge in [0.25, 0.3) is 0 Å². The molecule has 1 aliphatic heterocycles. The minimum absolute atomic E-state index is 0.0339. The van der Waals surface area contributed by atoms with Gasteiger partial charge >= 0.3 is 0 Å². The fraction of sp³-hybridized carbons (Fsp3) is 0.500. The average Bonchev–Trinajstić information content (AvgIpc) is 3.16. The summed E-state index contributed by atoms with van der Waals surface area (Å²) in [5.41, 5.74) is 0.332. The third-order valence-electron chi connectivity index (χ3n) is 4.32. The number of rotatable bonds is 7. The zero-order valence-electron chi connectivity index (χ0n) is 14.6. The molecule has 1 aromatic heterocycles. The van der Waals surface area contributed by atoms with Crippen LogP contribution in [-0.2, 0) is 20.7 Å². The van der Waals surface area contributed by atoms with Gasteiger partial charge in [0, 0.05) is 6.42 Å². The molecule has 0 amide bonds. The van der Waals surface area contributed by atoms with E-state index in [0.29, 0.717) is 26.2 Å². The Labute approximate surface area is 146 Å². The van der Waals surface area contributed by atoms with Crippen LogP contribution >= 0.6 is 0 Å². The molecule has 7 nitrogen and oxygen atoms in total. The molecule has 1 atom stereocenters. The molecule has 1 aliphatic rings. The highest BCUT2D eigenvalue weighted by atomic mass is 16.7. The highest BCUT2D eigenvalue weighted by molar-refractivity contribution is 5.88. The van der Waals surface area contributed by atoms with Crippen molar-refractivity contribution < 1.29 is 19.0 Å². The Hall–Kier alpha value is -2.25. The lowest BCUT2D eigenvalue weighted by atomic mass is 9.81. The van der Waals surface area contributed by atoms with E-state index in [4.69, 9.17) is 14.2 Å². The molecule has 0 radical (unpaired) electrons. The summed E-state index contributed by atoms with van der Waals surface area (Å²) < 4.78 is 17.8. The summed E-state index contributed by atoms with van der Waals surface area (Å²) in [7, 11) is 0. The first-order valence-electron chi connectivity index (χ1n) is 8.38. The summed E-state index contributed by atoms with van der Waals surface area (Å²) >= 11 is 0. The number of ketones is 1. The van der Waals surface area contributed by atoms with Gasteiger partial charge in [0.15, 0.2) is 5.78 Å². The van der Waals surface area contributed by atoms with Crippen molar-refractivity contribution in [1.82, 2.24) is 14.8 Å². The second kappa shape index (κ2) is 7.76. The van der Waals surface area contributed by atoms with Gasteiger partial charge in [-0.15, -0.1) is 0 Å². The number of carbonyl (C=O) groups excluding carboxylic acids is 1. The Kier molecular flexibility index (Phi) is 5.45. The maximum Gasteiger partial charge on any atom is 0.168 e. The lowest BCUT2D eigenvalue weighted by Gasteiger charge is -2.34. The van der Waals surface area contributed by atoms with Crippen LogP contribution in [0, 0.1) is 5.41 Å². The Bertz CT molecular complexity index is 679. The first kappa shape index (κ1) is 17.6. The molecular weight excluding hydrogens is 322 g/mol. The molecule has 0 spiro atoms. The van der Waals surface area contributed by atoms with Crippen molar-refractivity contribution in [3.8, 4) is 5.75 Å². The Balaban J connectivity index is 1.81. The van der Waals surface area contributed by atoms with E-state index in [-0.39, 0.29) is 12.6 Å². The number of carbonyl (C=O) groups is 1. The fourth-order valence-electron chi connectivity index (χ4n) is 2.98. The topological polar surface area (TPSA) is 75.5 Å². The van der Waals surface area contributed by atoms with Crippen molar-refractivity contribution in [2.24, 2.45) is 5.41 Å². The first-order chi connectivity index (χ1) is 12.1. The zero-order chi connectivity index (χ0) is 17.7. The van der Waals surface area contributed by atoms with Gasteiger partial charge < -0.3 is 14.2 Å². The van der Waals surface area contributed by atoms with Gasteiger partial charge in [0.2, 0.25) is 0 Å². The molecule has 1 unspecified atom stereocenters. The van der Waals surface area contributed by atoms with Crippen LogP contribution in [0.15, 0.2) is 36.9 Å². The summed E-state index contributed by atoms with van der Waals surface area (Å²) in [6, 6.07) is 7.30. The fourth-order valence-corrected chi connectivity index (χ4v) is 2.98. The van der Waals surface area contributed by atoms with E-state index in [1.165, 1.54) is 6.33 Å². The predicted octanol–water partition coefficient (Wildman–Crippen LogP) is 2.04. The molecule has 134 valence electrons. The van der Waals surface area contributed by atoms with Crippen molar-refractivity contribution in [2.45, 2.75) is 26.3 Å². The van der Waals surface area contributed by atoms with Gasteiger partial charge in [-0.3, -0.25) is 4.79 Å². The summed E-state index contributed by atoms with van der Waals surface area (Å²) in [5.74, 6) is 0.850. The summed E-state index contributed by atoms with van der Waals surface area (Å²) in [4.78, 5) is 17.2. The van der Waals surface area contributed by atoms with Gasteiger partial charge in [-0.1, -0.05) is 12.1 Å². The van der Waals surface area contributed by atoms with Crippen molar-refractivity contribution in [3.63, 3.8) is 0 Å². The second-order valence-electron chi connectivity index (χ2n) is 6.41. The highest BCUT2D eigenvalue weighted by Gasteiger charge is 2.41. The van der Waals surface area contributed by atoms with E-state index in [1.807, 2.05) is 38.1 Å². The van der Waals surface area contributed by atoms with E-state index in [0.717, 1.165) is 11.3 Å². The molecule has 2 heterocycles. The van der Waals surface area contributed by atoms with Crippen molar-refractivity contribution >= 4 is 5.78 Å². The van der Waals surface area contributed by atoms with Crippen molar-refractivity contribution in [3.05, 3.63) is 42.5 Å². The number of aromatic nitrogens is 3. The van der Waals surface area contributed by atoms with Crippen LogP contribution in [0.2, 0.25) is 0 Å². The standard InChI is InChI=1S/C18H23N3O4/c1-3-25-15-6-4-14(5-7-15)8-16(21-12-19-11-20-21)17(22)18(2)9-23-13-24-10-18/h4-7,11-12,16H,3,8-10,13H2,1-2H3. The summed E-state index contributed by atoms with van der Waals surface area (Å²) in [6.45, 7) is 5.37. The smallest absolute Gasteiger partial charge is 0.168 e. The van der Waals surface area contributed by atoms with Crippen molar-refractivity contribution in [2.75, 3.05) is 26.6 Å². The van der Waals surface area contributed by atoms with E-state index >= 15 is 0 Å². The molecule has 0 bridgehead atoms. The molecule has 2 aromatic rings. The average molecular weight is 345 g/mol. The molecule has 3 rings (SSSR count). The minimum Gasteiger partial charge on any atom is -0.494 e. The van der Waals surface area contributed by atoms with Crippen LogP contribution in [0.1, 0.15) is 25.5 Å². The maximum absolute atomic E-state index is 13.2. The van der Waals surface area contributed by atoms with E-state index in [9.17, 15) is 4.79 Å². The molecular formula is C18H23N3O4. The third kappa shape index (κ3) is 4.05. The summed E-state index contributed by atoms with van der Waals surface area (Å²) in [6.07, 6.45) is 3.53. The molecule has 25 heavy (non-hydrogen) atoms. The van der Waals surface area contributed by atoms with Gasteiger partial charge in [-0.2, -0.15) is 5.10 Å². The Morgan fingerprint density at radius 2 is 2.04 bits per heavy atom. The van der Waals surface area contributed by atoms with Crippen LogP contribution in [0.25, 0.3) is 0 Å². The van der Waals surface area contributed by atoms with Gasteiger partial charge in [-0.25, -0.2) is 9.67 Å². The summed E-state index contributed by atoms with van der Waals surface area (Å²) in [5, 5.41) is 4.19. The SMILES string of the molecule is CCOc1ccc(CC(C(=O)C2(C)COCOC2)n2cncn2)cc1. The number of ether oxygens (including phenoxy) is 3.